The highest BCUT2D eigenvalue weighted by molar-refractivity contribution is 7.09. The fraction of sp³-hybridized carbons (Fsp3) is 0.727. The lowest BCUT2D eigenvalue weighted by molar-refractivity contribution is 0.0146. The highest BCUT2D eigenvalue weighted by Gasteiger charge is 2.10. The number of nitrogens with one attached hydrogen (secondary N) is 1. The summed E-state index contributed by atoms with van der Waals surface area (Å²) in [6.45, 7) is 1.83. The largest absolute Gasteiger partial charge is 0.375 e. The quantitative estimate of drug-likeness (QED) is 0.731. The van der Waals surface area contributed by atoms with Crippen LogP contribution in [0.4, 0.5) is 8.78 Å². The SMILES string of the molecule is CNC(CCOCC(F)F)Cc1nc(C)cs1. The molecule has 0 spiro atoms. The maximum absolute atomic E-state index is 11.8. The number of ether oxygens (including phenoxy) is 1. The first-order chi connectivity index (χ1) is 8.11. The summed E-state index contributed by atoms with van der Waals surface area (Å²) in [6, 6.07) is 0.221. The van der Waals surface area contributed by atoms with Crippen molar-refractivity contribution in [2.24, 2.45) is 0 Å². The Morgan fingerprint density at radius 2 is 2.29 bits per heavy atom. The van der Waals surface area contributed by atoms with Crippen LogP contribution in [-0.2, 0) is 11.2 Å². The molecule has 0 aliphatic heterocycles. The van der Waals surface area contributed by atoms with Crippen LogP contribution in [0.1, 0.15) is 17.1 Å². The summed E-state index contributed by atoms with van der Waals surface area (Å²) in [4.78, 5) is 4.37. The molecule has 6 heteroatoms. The van der Waals surface area contributed by atoms with E-state index in [4.69, 9.17) is 4.74 Å². The number of thiazole rings is 1. The molecule has 17 heavy (non-hydrogen) atoms. The van der Waals surface area contributed by atoms with Gasteiger partial charge >= 0.3 is 0 Å². The van der Waals surface area contributed by atoms with E-state index < -0.39 is 13.0 Å². The Labute approximate surface area is 104 Å². The zero-order valence-electron chi connectivity index (χ0n) is 10.1. The fourth-order valence-electron chi connectivity index (χ4n) is 1.45. The van der Waals surface area contributed by atoms with Gasteiger partial charge in [0.1, 0.15) is 6.61 Å². The summed E-state index contributed by atoms with van der Waals surface area (Å²) in [5.74, 6) is 0. The molecule has 1 aromatic heterocycles. The van der Waals surface area contributed by atoms with Crippen LogP contribution in [-0.4, -0.2) is 37.7 Å². The lowest BCUT2D eigenvalue weighted by atomic mass is 10.1. The van der Waals surface area contributed by atoms with E-state index in [9.17, 15) is 8.78 Å². The van der Waals surface area contributed by atoms with Gasteiger partial charge in [0.2, 0.25) is 0 Å². The van der Waals surface area contributed by atoms with E-state index in [-0.39, 0.29) is 6.04 Å². The van der Waals surface area contributed by atoms with Gasteiger partial charge in [0.05, 0.1) is 5.01 Å². The van der Waals surface area contributed by atoms with Crippen LogP contribution in [0.25, 0.3) is 0 Å². The van der Waals surface area contributed by atoms with Gasteiger partial charge in [-0.3, -0.25) is 0 Å². The van der Waals surface area contributed by atoms with Crippen LogP contribution >= 0.6 is 11.3 Å². The molecule has 1 unspecified atom stereocenters. The molecule has 1 heterocycles. The molecule has 1 aromatic rings. The van der Waals surface area contributed by atoms with Crippen LogP contribution in [0.15, 0.2) is 5.38 Å². The van der Waals surface area contributed by atoms with Crippen LogP contribution in [0.3, 0.4) is 0 Å². The minimum absolute atomic E-state index is 0.221. The van der Waals surface area contributed by atoms with Gasteiger partial charge in [-0.05, 0) is 20.4 Å². The van der Waals surface area contributed by atoms with Crippen molar-refractivity contribution >= 4 is 11.3 Å². The average Bonchev–Trinajstić information content (AvgIpc) is 2.68. The van der Waals surface area contributed by atoms with Gasteiger partial charge in [-0.25, -0.2) is 13.8 Å². The van der Waals surface area contributed by atoms with Gasteiger partial charge in [-0.1, -0.05) is 0 Å². The monoisotopic (exact) mass is 264 g/mol. The zero-order chi connectivity index (χ0) is 12.7. The van der Waals surface area contributed by atoms with Gasteiger partial charge < -0.3 is 10.1 Å². The van der Waals surface area contributed by atoms with Crippen molar-refractivity contribution < 1.29 is 13.5 Å². The molecule has 0 aliphatic rings. The van der Waals surface area contributed by atoms with Crippen LogP contribution in [0, 0.1) is 6.92 Å². The van der Waals surface area contributed by atoms with Gasteiger partial charge in [0.25, 0.3) is 6.43 Å². The van der Waals surface area contributed by atoms with Crippen LogP contribution in [0.5, 0.6) is 0 Å². The molecule has 0 saturated heterocycles. The first-order valence-corrected chi connectivity index (χ1v) is 6.44. The van der Waals surface area contributed by atoms with Crippen molar-refractivity contribution in [1.29, 1.82) is 0 Å². The molecule has 0 amide bonds. The van der Waals surface area contributed by atoms with Crippen molar-refractivity contribution in [2.75, 3.05) is 20.3 Å². The Kier molecular flexibility index (Phi) is 6.54. The van der Waals surface area contributed by atoms with Crippen molar-refractivity contribution in [3.05, 3.63) is 16.1 Å². The molecule has 0 saturated carbocycles. The lowest BCUT2D eigenvalue weighted by Crippen LogP contribution is -2.29. The predicted molar refractivity (Wildman–Crippen MR) is 64.8 cm³/mol. The number of alkyl halides is 2. The number of halogens is 2. The molecule has 0 bridgehead atoms. The summed E-state index contributed by atoms with van der Waals surface area (Å²) in [5.41, 5.74) is 1.02. The molecule has 1 N–H and O–H groups in total. The Balaban J connectivity index is 2.24. The van der Waals surface area contributed by atoms with E-state index >= 15 is 0 Å². The summed E-state index contributed by atoms with van der Waals surface area (Å²) in [7, 11) is 1.86. The number of nitrogens with zero attached hydrogens (tertiary/aromatic N) is 1. The Morgan fingerprint density at radius 1 is 1.53 bits per heavy atom. The second kappa shape index (κ2) is 7.68. The Morgan fingerprint density at radius 3 is 2.82 bits per heavy atom. The van der Waals surface area contributed by atoms with Crippen molar-refractivity contribution in [3.63, 3.8) is 0 Å². The molecule has 1 atom stereocenters. The summed E-state index contributed by atoms with van der Waals surface area (Å²) >= 11 is 1.63. The number of aromatic nitrogens is 1. The van der Waals surface area contributed by atoms with Crippen molar-refractivity contribution in [2.45, 2.75) is 32.2 Å². The van der Waals surface area contributed by atoms with E-state index in [1.807, 2.05) is 19.4 Å². The van der Waals surface area contributed by atoms with E-state index in [0.717, 1.165) is 17.1 Å². The summed E-state index contributed by atoms with van der Waals surface area (Å²) in [6.07, 6.45) is -0.862. The number of hydrogen-bond acceptors (Lipinski definition) is 4. The van der Waals surface area contributed by atoms with Gasteiger partial charge in [0.15, 0.2) is 0 Å². The number of rotatable bonds is 8. The van der Waals surface area contributed by atoms with Gasteiger partial charge in [-0.2, -0.15) is 0 Å². The second-order valence-electron chi connectivity index (χ2n) is 3.83. The molecule has 3 nitrogen and oxygen atoms in total. The second-order valence-corrected chi connectivity index (χ2v) is 4.77. The first kappa shape index (κ1) is 14.5. The number of hydrogen-bond donors (Lipinski definition) is 1. The van der Waals surface area contributed by atoms with E-state index in [2.05, 4.69) is 10.3 Å². The normalized spacial score (nSPS) is 13.2. The highest BCUT2D eigenvalue weighted by atomic mass is 32.1. The van der Waals surface area contributed by atoms with Gasteiger partial charge in [0, 0.05) is 30.1 Å². The topological polar surface area (TPSA) is 34.1 Å². The van der Waals surface area contributed by atoms with E-state index in [0.29, 0.717) is 13.0 Å². The lowest BCUT2D eigenvalue weighted by Gasteiger charge is -2.14. The molecule has 0 aromatic carbocycles. The first-order valence-electron chi connectivity index (χ1n) is 5.56. The summed E-state index contributed by atoms with van der Waals surface area (Å²) < 4.78 is 28.5. The molecule has 0 fully saturated rings. The Bertz CT molecular complexity index is 320. The van der Waals surface area contributed by atoms with E-state index in [1.54, 1.807) is 11.3 Å². The minimum Gasteiger partial charge on any atom is -0.375 e. The highest BCUT2D eigenvalue weighted by Crippen LogP contribution is 2.12. The predicted octanol–water partition coefficient (Wildman–Crippen LogP) is 2.25. The minimum atomic E-state index is -2.38. The standard InChI is InChI=1S/C11H18F2N2OS/c1-8-7-17-11(15-8)5-9(14-2)3-4-16-6-10(12)13/h7,9-10,14H,3-6H2,1-2H3. The maximum atomic E-state index is 11.8. The van der Waals surface area contributed by atoms with Crippen molar-refractivity contribution in [3.8, 4) is 0 Å². The van der Waals surface area contributed by atoms with Crippen LogP contribution < -0.4 is 5.32 Å². The zero-order valence-corrected chi connectivity index (χ0v) is 10.9. The molecule has 0 aliphatic carbocycles. The molecule has 98 valence electrons. The molecule has 0 radical (unpaired) electrons. The third-order valence-corrected chi connectivity index (χ3v) is 3.34. The van der Waals surface area contributed by atoms with E-state index in [1.165, 1.54) is 0 Å². The smallest absolute Gasteiger partial charge is 0.261 e. The van der Waals surface area contributed by atoms with Crippen molar-refractivity contribution in [1.82, 2.24) is 10.3 Å². The number of likely N-dealkylation sites (N-methyl/N-ethyl adjacent to an activating group) is 1. The molecule has 1 rings (SSSR count). The third-order valence-electron chi connectivity index (χ3n) is 2.35. The molecular formula is C11H18F2N2OS. The Hall–Kier alpha value is -0.590. The maximum Gasteiger partial charge on any atom is 0.261 e. The molecular weight excluding hydrogens is 246 g/mol. The number of aryl methyl sites for hydroxylation is 1. The summed E-state index contributed by atoms with van der Waals surface area (Å²) in [5, 5.41) is 6.22. The van der Waals surface area contributed by atoms with Gasteiger partial charge in [-0.15, -0.1) is 11.3 Å². The fourth-order valence-corrected chi connectivity index (χ4v) is 2.31. The third kappa shape index (κ3) is 6.05. The average molecular weight is 264 g/mol. The van der Waals surface area contributed by atoms with Crippen LogP contribution in [0.2, 0.25) is 0 Å².